The van der Waals surface area contributed by atoms with E-state index in [4.69, 9.17) is 5.11 Å². The van der Waals surface area contributed by atoms with Gasteiger partial charge in [-0.15, -0.1) is 0 Å². The van der Waals surface area contributed by atoms with Gasteiger partial charge in [0.2, 0.25) is 0 Å². The van der Waals surface area contributed by atoms with Crippen LogP contribution in [0.15, 0.2) is 60.9 Å². The number of carboxylic acid groups (broad SMARTS) is 1. The number of hydrogen-bond acceptors (Lipinski definition) is 2. The van der Waals surface area contributed by atoms with Gasteiger partial charge in [0.15, 0.2) is 0 Å². The van der Waals surface area contributed by atoms with Crippen LogP contribution < -0.4 is 0 Å². The number of carboxylic acids is 1. The van der Waals surface area contributed by atoms with Crippen LogP contribution in [0.5, 0.6) is 0 Å². The Hall–Kier alpha value is -2.88. The number of benzene rings is 2. The summed E-state index contributed by atoms with van der Waals surface area (Å²) in [6.07, 6.45) is 3.73. The largest absolute Gasteiger partial charge is 0.478 e. The molecule has 0 fully saturated rings. The van der Waals surface area contributed by atoms with Crippen molar-refractivity contribution in [3.63, 3.8) is 0 Å². The molecule has 3 aromatic rings. The third kappa shape index (κ3) is 3.16. The fraction of sp³-hybridized carbons (Fsp3) is 0.158. The molecule has 4 nitrogen and oxygen atoms in total. The predicted octanol–water partition coefficient (Wildman–Crippen LogP) is 4.36. The van der Waals surface area contributed by atoms with Crippen LogP contribution in [0.25, 0.3) is 16.8 Å². The van der Waals surface area contributed by atoms with E-state index >= 15 is 0 Å². The van der Waals surface area contributed by atoms with Crippen molar-refractivity contribution < 1.29 is 9.90 Å². The Kier molecular flexibility index (Phi) is 3.98. The molecule has 4 heteroatoms. The van der Waals surface area contributed by atoms with Crippen molar-refractivity contribution in [2.45, 2.75) is 19.8 Å². The molecular formula is C19H18N2O2. The molecule has 0 saturated carbocycles. The first-order valence-electron chi connectivity index (χ1n) is 7.53. The summed E-state index contributed by atoms with van der Waals surface area (Å²) in [4.78, 5) is 10.9. The van der Waals surface area contributed by atoms with Gasteiger partial charge in [0.1, 0.15) is 0 Å². The second-order valence-electron chi connectivity index (χ2n) is 5.80. The molecule has 116 valence electrons. The summed E-state index contributed by atoms with van der Waals surface area (Å²) in [6, 6.07) is 15.1. The van der Waals surface area contributed by atoms with Crippen molar-refractivity contribution >= 4 is 5.97 Å². The van der Waals surface area contributed by atoms with Crippen molar-refractivity contribution in [3.8, 4) is 16.8 Å². The number of aromatic carboxylic acids is 1. The van der Waals surface area contributed by atoms with Gasteiger partial charge in [-0.1, -0.05) is 38.1 Å². The topological polar surface area (TPSA) is 55.1 Å². The van der Waals surface area contributed by atoms with Gasteiger partial charge >= 0.3 is 5.97 Å². The molecule has 0 spiro atoms. The minimum atomic E-state index is -0.919. The molecule has 0 aliphatic carbocycles. The number of rotatable bonds is 4. The maximum atomic E-state index is 10.9. The maximum absolute atomic E-state index is 10.9. The summed E-state index contributed by atoms with van der Waals surface area (Å²) in [5.74, 6) is -0.414. The summed E-state index contributed by atoms with van der Waals surface area (Å²) >= 11 is 0. The number of hydrogen-bond donors (Lipinski definition) is 1. The minimum Gasteiger partial charge on any atom is -0.478 e. The first-order chi connectivity index (χ1) is 11.0. The van der Waals surface area contributed by atoms with Gasteiger partial charge in [0.05, 0.1) is 17.4 Å². The van der Waals surface area contributed by atoms with Crippen LogP contribution in [0.4, 0.5) is 0 Å². The van der Waals surface area contributed by atoms with E-state index in [0.717, 1.165) is 16.8 Å². The van der Waals surface area contributed by atoms with Crippen LogP contribution in [-0.4, -0.2) is 20.9 Å². The Morgan fingerprint density at radius 1 is 1.00 bits per heavy atom. The van der Waals surface area contributed by atoms with Crippen molar-refractivity contribution in [1.29, 1.82) is 0 Å². The molecule has 23 heavy (non-hydrogen) atoms. The number of carbonyl (C=O) groups is 1. The quantitative estimate of drug-likeness (QED) is 0.779. The second kappa shape index (κ2) is 6.08. The zero-order valence-corrected chi connectivity index (χ0v) is 13.1. The molecule has 2 aromatic carbocycles. The third-order valence-corrected chi connectivity index (χ3v) is 3.87. The van der Waals surface area contributed by atoms with Gasteiger partial charge in [0, 0.05) is 11.8 Å². The fourth-order valence-corrected chi connectivity index (χ4v) is 2.43. The van der Waals surface area contributed by atoms with Crippen LogP contribution in [-0.2, 0) is 0 Å². The molecule has 1 N–H and O–H groups in total. The molecule has 0 aliphatic rings. The molecule has 0 aliphatic heterocycles. The lowest BCUT2D eigenvalue weighted by molar-refractivity contribution is 0.0697. The smallest absolute Gasteiger partial charge is 0.335 e. The molecule has 0 bridgehead atoms. The first kappa shape index (κ1) is 15.0. The predicted molar refractivity (Wildman–Crippen MR) is 90.0 cm³/mol. The van der Waals surface area contributed by atoms with E-state index in [1.165, 1.54) is 5.56 Å². The molecule has 0 unspecified atom stereocenters. The molecular weight excluding hydrogens is 288 g/mol. The average Bonchev–Trinajstić information content (AvgIpc) is 3.05. The highest BCUT2D eigenvalue weighted by Crippen LogP contribution is 2.22. The van der Waals surface area contributed by atoms with E-state index in [0.29, 0.717) is 5.92 Å². The highest BCUT2D eigenvalue weighted by atomic mass is 16.4. The van der Waals surface area contributed by atoms with Crippen LogP contribution in [0.2, 0.25) is 0 Å². The summed E-state index contributed by atoms with van der Waals surface area (Å²) < 4.78 is 1.82. The Morgan fingerprint density at radius 2 is 1.65 bits per heavy atom. The Morgan fingerprint density at radius 3 is 2.22 bits per heavy atom. The standard InChI is InChI=1S/C19H18N2O2/c1-13(2)14-7-9-18(10-8-14)21-12-17(11-20-21)15-3-5-16(6-4-15)19(22)23/h3-13H,1-2H3,(H,22,23). The monoisotopic (exact) mass is 306 g/mol. The lowest BCUT2D eigenvalue weighted by Crippen LogP contribution is -1.95. The average molecular weight is 306 g/mol. The van der Waals surface area contributed by atoms with E-state index in [1.54, 1.807) is 30.5 Å². The first-order valence-corrected chi connectivity index (χ1v) is 7.53. The summed E-state index contributed by atoms with van der Waals surface area (Å²) in [5, 5.41) is 13.3. The Labute approximate surface area is 135 Å². The lowest BCUT2D eigenvalue weighted by atomic mass is 10.0. The van der Waals surface area contributed by atoms with E-state index in [2.05, 4.69) is 43.2 Å². The van der Waals surface area contributed by atoms with Gasteiger partial charge in [-0.2, -0.15) is 5.10 Å². The zero-order valence-electron chi connectivity index (χ0n) is 13.1. The number of nitrogens with zero attached hydrogens (tertiary/aromatic N) is 2. The Balaban J connectivity index is 1.86. The third-order valence-electron chi connectivity index (χ3n) is 3.87. The SMILES string of the molecule is CC(C)c1ccc(-n2cc(-c3ccc(C(=O)O)cc3)cn2)cc1. The normalized spacial score (nSPS) is 10.9. The number of aromatic nitrogens is 2. The highest BCUT2D eigenvalue weighted by molar-refractivity contribution is 5.88. The van der Waals surface area contributed by atoms with Gasteiger partial charge in [-0.25, -0.2) is 9.48 Å². The zero-order chi connectivity index (χ0) is 16.4. The minimum absolute atomic E-state index is 0.283. The van der Waals surface area contributed by atoms with E-state index in [1.807, 2.05) is 10.9 Å². The van der Waals surface area contributed by atoms with E-state index < -0.39 is 5.97 Å². The van der Waals surface area contributed by atoms with Gasteiger partial charge in [0.25, 0.3) is 0 Å². The van der Waals surface area contributed by atoms with Gasteiger partial charge < -0.3 is 5.11 Å². The van der Waals surface area contributed by atoms with E-state index in [-0.39, 0.29) is 5.56 Å². The molecule has 0 radical (unpaired) electrons. The molecule has 1 heterocycles. The van der Waals surface area contributed by atoms with E-state index in [9.17, 15) is 4.79 Å². The highest BCUT2D eigenvalue weighted by Gasteiger charge is 2.06. The molecule has 1 aromatic heterocycles. The van der Waals surface area contributed by atoms with Gasteiger partial charge in [-0.3, -0.25) is 0 Å². The van der Waals surface area contributed by atoms with Crippen LogP contribution in [0, 0.1) is 0 Å². The summed E-state index contributed by atoms with van der Waals surface area (Å²) in [6.45, 7) is 4.34. The van der Waals surface area contributed by atoms with Crippen molar-refractivity contribution in [1.82, 2.24) is 9.78 Å². The van der Waals surface area contributed by atoms with Crippen LogP contribution in [0.3, 0.4) is 0 Å². The molecule has 0 atom stereocenters. The molecule has 0 saturated heterocycles. The summed E-state index contributed by atoms with van der Waals surface area (Å²) in [5.41, 5.74) is 4.48. The Bertz CT molecular complexity index is 815. The molecule has 3 rings (SSSR count). The van der Waals surface area contributed by atoms with Crippen molar-refractivity contribution in [2.24, 2.45) is 0 Å². The van der Waals surface area contributed by atoms with Crippen LogP contribution in [0.1, 0.15) is 35.7 Å². The van der Waals surface area contributed by atoms with Gasteiger partial charge in [-0.05, 0) is 41.3 Å². The summed E-state index contributed by atoms with van der Waals surface area (Å²) in [7, 11) is 0. The molecule has 0 amide bonds. The lowest BCUT2D eigenvalue weighted by Gasteiger charge is -2.06. The van der Waals surface area contributed by atoms with Crippen LogP contribution >= 0.6 is 0 Å². The van der Waals surface area contributed by atoms with Crippen molar-refractivity contribution in [3.05, 3.63) is 72.1 Å². The second-order valence-corrected chi connectivity index (χ2v) is 5.80. The van der Waals surface area contributed by atoms with Crippen molar-refractivity contribution in [2.75, 3.05) is 0 Å². The maximum Gasteiger partial charge on any atom is 0.335 e. The fourth-order valence-electron chi connectivity index (χ4n) is 2.43.